The molecule has 3 nitrogen and oxygen atoms in total. The first-order valence-corrected chi connectivity index (χ1v) is 7.00. The molecule has 0 aliphatic carbocycles. The van der Waals surface area contributed by atoms with Crippen LogP contribution >= 0.6 is 23.2 Å². The number of amides is 1. The Morgan fingerprint density at radius 1 is 1.37 bits per heavy atom. The fourth-order valence-corrected chi connectivity index (χ4v) is 2.94. The molecule has 2 rings (SSSR count). The molecule has 0 aromatic heterocycles. The number of hydrogen-bond donors (Lipinski definition) is 0. The van der Waals surface area contributed by atoms with Gasteiger partial charge in [0.25, 0.3) is 5.91 Å². The summed E-state index contributed by atoms with van der Waals surface area (Å²) in [5, 5.41) is 9.36. The molecule has 1 amide bonds. The zero-order valence-corrected chi connectivity index (χ0v) is 12.1. The zero-order valence-electron chi connectivity index (χ0n) is 10.6. The number of carbonyl (C=O) groups excluding carboxylic acids is 1. The Bertz CT molecular complexity index is 528. The summed E-state index contributed by atoms with van der Waals surface area (Å²) in [7, 11) is 0. The molecule has 1 aliphatic rings. The molecule has 0 unspecified atom stereocenters. The van der Waals surface area contributed by atoms with Crippen LogP contribution in [-0.2, 0) is 0 Å². The maximum absolute atomic E-state index is 12.4. The molecular formula is C14H14Cl2N2O. The summed E-state index contributed by atoms with van der Waals surface area (Å²) in [5.74, 6) is -0.0690. The van der Waals surface area contributed by atoms with E-state index in [1.54, 1.807) is 0 Å². The van der Waals surface area contributed by atoms with Gasteiger partial charge in [-0.2, -0.15) is 5.26 Å². The normalized spacial score (nSPS) is 19.1. The van der Waals surface area contributed by atoms with E-state index in [9.17, 15) is 4.79 Å². The molecule has 1 aromatic rings. The third kappa shape index (κ3) is 2.86. The van der Waals surface area contributed by atoms with Gasteiger partial charge < -0.3 is 4.90 Å². The highest BCUT2D eigenvalue weighted by atomic mass is 35.5. The van der Waals surface area contributed by atoms with Gasteiger partial charge in [0.2, 0.25) is 0 Å². The molecule has 1 aromatic carbocycles. The SMILES string of the molecule is C[C@H]1CCCCN1C(=O)c1cc(Cl)c(C#N)c(Cl)c1. The van der Waals surface area contributed by atoms with Gasteiger partial charge in [-0.1, -0.05) is 23.2 Å². The van der Waals surface area contributed by atoms with Gasteiger partial charge in [0, 0.05) is 18.2 Å². The monoisotopic (exact) mass is 296 g/mol. The Labute approximate surface area is 122 Å². The molecule has 1 saturated heterocycles. The van der Waals surface area contributed by atoms with Crippen LogP contribution in [0.3, 0.4) is 0 Å². The average molecular weight is 297 g/mol. The van der Waals surface area contributed by atoms with Crippen molar-refractivity contribution in [3.63, 3.8) is 0 Å². The van der Waals surface area contributed by atoms with E-state index in [4.69, 9.17) is 28.5 Å². The van der Waals surface area contributed by atoms with Crippen LogP contribution in [0.1, 0.15) is 42.1 Å². The standard InChI is InChI=1S/C14H14Cl2N2O/c1-9-4-2-3-5-18(9)14(19)10-6-12(15)11(8-17)13(16)7-10/h6-7,9H,2-5H2,1H3/t9-/m0/s1. The minimum atomic E-state index is -0.0690. The van der Waals surface area contributed by atoms with Crippen molar-refractivity contribution in [2.24, 2.45) is 0 Å². The highest BCUT2D eigenvalue weighted by molar-refractivity contribution is 6.37. The molecule has 0 N–H and O–H groups in total. The number of nitrogens with zero attached hydrogens (tertiary/aromatic N) is 2. The lowest BCUT2D eigenvalue weighted by molar-refractivity contribution is 0.0635. The van der Waals surface area contributed by atoms with Gasteiger partial charge in [-0.15, -0.1) is 0 Å². The third-order valence-corrected chi connectivity index (χ3v) is 4.06. The largest absolute Gasteiger partial charge is 0.336 e. The molecule has 0 radical (unpaired) electrons. The second-order valence-electron chi connectivity index (χ2n) is 4.77. The first kappa shape index (κ1) is 14.2. The number of rotatable bonds is 1. The van der Waals surface area contributed by atoms with E-state index in [2.05, 4.69) is 0 Å². The fourth-order valence-electron chi connectivity index (χ4n) is 2.37. The third-order valence-electron chi connectivity index (χ3n) is 3.46. The van der Waals surface area contributed by atoms with Crippen LogP contribution in [-0.4, -0.2) is 23.4 Å². The van der Waals surface area contributed by atoms with Crippen LogP contribution in [0.5, 0.6) is 0 Å². The Kier molecular flexibility index (Phi) is 4.34. The lowest BCUT2D eigenvalue weighted by Gasteiger charge is -2.33. The van der Waals surface area contributed by atoms with Crippen molar-refractivity contribution in [3.05, 3.63) is 33.3 Å². The van der Waals surface area contributed by atoms with Crippen LogP contribution in [0.2, 0.25) is 10.0 Å². The maximum atomic E-state index is 12.4. The first-order valence-electron chi connectivity index (χ1n) is 6.24. The van der Waals surface area contributed by atoms with Gasteiger partial charge in [-0.25, -0.2) is 0 Å². The van der Waals surface area contributed by atoms with Crippen molar-refractivity contribution < 1.29 is 4.79 Å². The highest BCUT2D eigenvalue weighted by Gasteiger charge is 2.25. The highest BCUT2D eigenvalue weighted by Crippen LogP contribution is 2.27. The van der Waals surface area contributed by atoms with Crippen LogP contribution in [0.4, 0.5) is 0 Å². The number of benzene rings is 1. The lowest BCUT2D eigenvalue weighted by Crippen LogP contribution is -2.42. The van der Waals surface area contributed by atoms with Crippen molar-refractivity contribution in [1.29, 1.82) is 5.26 Å². The van der Waals surface area contributed by atoms with E-state index in [-0.39, 0.29) is 27.6 Å². The molecule has 1 fully saturated rings. The van der Waals surface area contributed by atoms with Crippen LogP contribution < -0.4 is 0 Å². The molecule has 0 bridgehead atoms. The minimum absolute atomic E-state index is 0.0690. The Morgan fingerprint density at radius 2 is 2.00 bits per heavy atom. The molecule has 1 heterocycles. The quantitative estimate of drug-likeness (QED) is 0.789. The summed E-state index contributed by atoms with van der Waals surface area (Å²) >= 11 is 12.0. The molecule has 19 heavy (non-hydrogen) atoms. The van der Waals surface area contributed by atoms with Gasteiger partial charge in [0.1, 0.15) is 6.07 Å². The number of carbonyl (C=O) groups is 1. The summed E-state index contributed by atoms with van der Waals surface area (Å²) in [6.45, 7) is 2.80. The van der Waals surface area contributed by atoms with Gasteiger partial charge in [-0.05, 0) is 38.3 Å². The number of likely N-dealkylation sites (tertiary alicyclic amines) is 1. The molecule has 1 aliphatic heterocycles. The number of halogens is 2. The Hall–Kier alpha value is -1.24. The molecule has 100 valence electrons. The second kappa shape index (κ2) is 5.81. The van der Waals surface area contributed by atoms with Gasteiger partial charge >= 0.3 is 0 Å². The Balaban J connectivity index is 2.32. The summed E-state index contributed by atoms with van der Waals surface area (Å²) in [5.41, 5.74) is 0.661. The van der Waals surface area contributed by atoms with Crippen molar-refractivity contribution in [2.75, 3.05) is 6.54 Å². The maximum Gasteiger partial charge on any atom is 0.254 e. The Morgan fingerprint density at radius 3 is 2.53 bits per heavy atom. The number of nitriles is 1. The van der Waals surface area contributed by atoms with Gasteiger partial charge in [0.05, 0.1) is 15.6 Å². The lowest BCUT2D eigenvalue weighted by atomic mass is 10.0. The van der Waals surface area contributed by atoms with E-state index < -0.39 is 0 Å². The summed E-state index contributed by atoms with van der Waals surface area (Å²) in [6.07, 6.45) is 3.19. The smallest absolute Gasteiger partial charge is 0.254 e. The van der Waals surface area contributed by atoms with Crippen LogP contribution in [0.25, 0.3) is 0 Å². The minimum Gasteiger partial charge on any atom is -0.336 e. The van der Waals surface area contributed by atoms with E-state index in [0.717, 1.165) is 25.8 Å². The average Bonchev–Trinajstić information content (AvgIpc) is 2.38. The van der Waals surface area contributed by atoms with E-state index in [0.29, 0.717) is 5.56 Å². The van der Waals surface area contributed by atoms with Crippen molar-refractivity contribution in [3.8, 4) is 6.07 Å². The predicted octanol–water partition coefficient (Wildman–Crippen LogP) is 3.88. The summed E-state index contributed by atoms with van der Waals surface area (Å²) < 4.78 is 0. The fraction of sp³-hybridized carbons (Fsp3) is 0.429. The first-order chi connectivity index (χ1) is 9.04. The van der Waals surface area contributed by atoms with Crippen LogP contribution in [0.15, 0.2) is 12.1 Å². The number of hydrogen-bond acceptors (Lipinski definition) is 2. The van der Waals surface area contributed by atoms with Crippen molar-refractivity contribution in [1.82, 2.24) is 4.90 Å². The molecule has 0 saturated carbocycles. The molecule has 5 heteroatoms. The number of piperidine rings is 1. The van der Waals surface area contributed by atoms with Crippen molar-refractivity contribution >= 4 is 29.1 Å². The molecular weight excluding hydrogens is 283 g/mol. The predicted molar refractivity (Wildman–Crippen MR) is 75.5 cm³/mol. The van der Waals surface area contributed by atoms with E-state index in [1.165, 1.54) is 12.1 Å². The topological polar surface area (TPSA) is 44.1 Å². The van der Waals surface area contributed by atoms with E-state index >= 15 is 0 Å². The summed E-state index contributed by atoms with van der Waals surface area (Å²) in [6, 6.07) is 5.21. The van der Waals surface area contributed by atoms with Gasteiger partial charge in [0.15, 0.2) is 0 Å². The summed E-state index contributed by atoms with van der Waals surface area (Å²) in [4.78, 5) is 14.3. The second-order valence-corrected chi connectivity index (χ2v) is 5.58. The van der Waals surface area contributed by atoms with Crippen LogP contribution in [0, 0.1) is 11.3 Å². The molecule has 0 spiro atoms. The van der Waals surface area contributed by atoms with E-state index in [1.807, 2.05) is 17.9 Å². The molecule has 1 atom stereocenters. The van der Waals surface area contributed by atoms with Gasteiger partial charge in [-0.3, -0.25) is 4.79 Å². The zero-order chi connectivity index (χ0) is 14.0. The van der Waals surface area contributed by atoms with Crippen molar-refractivity contribution in [2.45, 2.75) is 32.2 Å².